The molecule has 0 bridgehead atoms. The molecule has 0 unspecified atom stereocenters. The summed E-state index contributed by atoms with van der Waals surface area (Å²) in [7, 11) is 0. The van der Waals surface area contributed by atoms with Gasteiger partial charge in [0.1, 0.15) is 11.3 Å². The van der Waals surface area contributed by atoms with Gasteiger partial charge in [-0.15, -0.1) is 0 Å². The van der Waals surface area contributed by atoms with Crippen molar-refractivity contribution in [1.29, 1.82) is 0 Å². The third-order valence-electron chi connectivity index (χ3n) is 1.62. The second kappa shape index (κ2) is 2.60. The molecule has 0 aliphatic rings. The van der Waals surface area contributed by atoms with Gasteiger partial charge in [0, 0.05) is 17.3 Å². The van der Waals surface area contributed by atoms with Crippen molar-refractivity contribution < 1.29 is 4.79 Å². The molecule has 0 fully saturated rings. The van der Waals surface area contributed by atoms with Crippen LogP contribution < -0.4 is 0 Å². The fourth-order valence-electron chi connectivity index (χ4n) is 1.06. The van der Waals surface area contributed by atoms with E-state index in [1.807, 2.05) is 0 Å². The number of hydrogen-bond acceptors (Lipinski definition) is 2. The molecule has 0 saturated carbocycles. The van der Waals surface area contributed by atoms with Crippen molar-refractivity contribution in [3.63, 3.8) is 0 Å². The van der Waals surface area contributed by atoms with Gasteiger partial charge >= 0.3 is 0 Å². The van der Waals surface area contributed by atoms with Crippen LogP contribution in [0.15, 0.2) is 24.5 Å². The van der Waals surface area contributed by atoms with Crippen LogP contribution >= 0.6 is 11.6 Å². The van der Waals surface area contributed by atoms with Gasteiger partial charge in [0.25, 0.3) is 0 Å². The topological polar surface area (TPSA) is 34.4 Å². The quantitative estimate of drug-likeness (QED) is 0.628. The van der Waals surface area contributed by atoms with Crippen LogP contribution in [0.25, 0.3) is 5.65 Å². The van der Waals surface area contributed by atoms with Crippen LogP contribution in [0.5, 0.6) is 0 Å². The summed E-state index contributed by atoms with van der Waals surface area (Å²) in [5.41, 5.74) is 1.21. The third-order valence-corrected chi connectivity index (χ3v) is 1.86. The van der Waals surface area contributed by atoms with E-state index in [1.54, 1.807) is 22.7 Å². The molecule has 3 nitrogen and oxygen atoms in total. The predicted octanol–water partition coefficient (Wildman–Crippen LogP) is 1.80. The summed E-state index contributed by atoms with van der Waals surface area (Å²) in [6, 6.07) is 3.41. The SMILES string of the molecule is O=Cc1cnc2cc(Cl)ccn12. The van der Waals surface area contributed by atoms with E-state index in [0.29, 0.717) is 16.4 Å². The number of carbonyl (C=O) groups is 1. The van der Waals surface area contributed by atoms with Gasteiger partial charge in [0.15, 0.2) is 6.29 Å². The first-order chi connectivity index (χ1) is 5.81. The number of aldehydes is 1. The molecule has 0 aliphatic carbocycles. The molecular weight excluding hydrogens is 176 g/mol. The maximum Gasteiger partial charge on any atom is 0.168 e. The van der Waals surface area contributed by atoms with E-state index < -0.39 is 0 Å². The Labute approximate surface area is 73.6 Å². The Morgan fingerprint density at radius 1 is 1.58 bits per heavy atom. The number of halogens is 1. The second-order valence-electron chi connectivity index (χ2n) is 2.37. The minimum Gasteiger partial charge on any atom is -0.297 e. The monoisotopic (exact) mass is 180 g/mol. The third kappa shape index (κ3) is 0.987. The molecular formula is C8H5ClN2O. The van der Waals surface area contributed by atoms with Gasteiger partial charge in [0.2, 0.25) is 0 Å². The van der Waals surface area contributed by atoms with Crippen LogP contribution in [-0.2, 0) is 0 Å². The zero-order valence-corrected chi connectivity index (χ0v) is 6.82. The molecule has 2 heterocycles. The van der Waals surface area contributed by atoms with Crippen molar-refractivity contribution in [2.75, 3.05) is 0 Å². The Morgan fingerprint density at radius 3 is 3.17 bits per heavy atom. The number of hydrogen-bond donors (Lipinski definition) is 0. The van der Waals surface area contributed by atoms with Gasteiger partial charge in [-0.25, -0.2) is 4.98 Å². The van der Waals surface area contributed by atoms with E-state index in [9.17, 15) is 4.79 Å². The highest BCUT2D eigenvalue weighted by Crippen LogP contribution is 2.11. The Morgan fingerprint density at radius 2 is 2.42 bits per heavy atom. The number of pyridine rings is 1. The zero-order chi connectivity index (χ0) is 8.55. The number of carbonyl (C=O) groups excluding carboxylic acids is 1. The standard InChI is InChI=1S/C8H5ClN2O/c9-6-1-2-11-7(5-12)4-10-8(11)3-6/h1-5H. The van der Waals surface area contributed by atoms with Crippen molar-refractivity contribution in [1.82, 2.24) is 9.38 Å². The van der Waals surface area contributed by atoms with Gasteiger partial charge in [-0.05, 0) is 6.07 Å². The summed E-state index contributed by atoms with van der Waals surface area (Å²) in [5, 5.41) is 0.616. The van der Waals surface area contributed by atoms with Crippen LogP contribution in [-0.4, -0.2) is 15.7 Å². The molecule has 0 atom stereocenters. The lowest BCUT2D eigenvalue weighted by Crippen LogP contribution is -1.88. The first-order valence-corrected chi connectivity index (χ1v) is 3.77. The summed E-state index contributed by atoms with van der Waals surface area (Å²) >= 11 is 5.73. The van der Waals surface area contributed by atoms with Gasteiger partial charge < -0.3 is 0 Å². The van der Waals surface area contributed by atoms with Crippen molar-refractivity contribution in [2.45, 2.75) is 0 Å². The Kier molecular flexibility index (Phi) is 1.59. The molecule has 60 valence electrons. The number of imidazole rings is 1. The Hall–Kier alpha value is -1.35. The van der Waals surface area contributed by atoms with Gasteiger partial charge in [0.05, 0.1) is 6.20 Å². The van der Waals surface area contributed by atoms with E-state index in [1.165, 1.54) is 6.20 Å². The van der Waals surface area contributed by atoms with E-state index in [2.05, 4.69) is 4.98 Å². The van der Waals surface area contributed by atoms with E-state index >= 15 is 0 Å². The van der Waals surface area contributed by atoms with Gasteiger partial charge in [-0.2, -0.15) is 0 Å². The largest absolute Gasteiger partial charge is 0.297 e. The van der Waals surface area contributed by atoms with Gasteiger partial charge in [-0.1, -0.05) is 11.6 Å². The highest BCUT2D eigenvalue weighted by atomic mass is 35.5. The molecule has 4 heteroatoms. The van der Waals surface area contributed by atoms with Crippen molar-refractivity contribution in [3.05, 3.63) is 35.2 Å². The molecule has 0 N–H and O–H groups in total. The number of nitrogens with zero attached hydrogens (tertiary/aromatic N) is 2. The average Bonchev–Trinajstić information content (AvgIpc) is 2.46. The highest BCUT2D eigenvalue weighted by Gasteiger charge is 2.00. The second-order valence-corrected chi connectivity index (χ2v) is 2.81. The Bertz CT molecular complexity index is 436. The van der Waals surface area contributed by atoms with Crippen molar-refractivity contribution in [2.24, 2.45) is 0 Å². The Balaban J connectivity index is 2.81. The molecule has 0 radical (unpaired) electrons. The molecule has 2 rings (SSSR count). The zero-order valence-electron chi connectivity index (χ0n) is 6.07. The van der Waals surface area contributed by atoms with E-state index in [-0.39, 0.29) is 0 Å². The molecule has 0 spiro atoms. The van der Waals surface area contributed by atoms with E-state index in [4.69, 9.17) is 11.6 Å². The first kappa shape index (κ1) is 7.31. The summed E-state index contributed by atoms with van der Waals surface area (Å²) in [6.07, 6.45) is 3.99. The lowest BCUT2D eigenvalue weighted by molar-refractivity contribution is 0.111. The normalized spacial score (nSPS) is 10.4. The smallest absolute Gasteiger partial charge is 0.168 e. The lowest BCUT2D eigenvalue weighted by Gasteiger charge is -1.94. The summed E-state index contributed by atoms with van der Waals surface area (Å²) in [4.78, 5) is 14.5. The summed E-state index contributed by atoms with van der Waals surface area (Å²) in [5.74, 6) is 0. The molecule has 2 aromatic rings. The summed E-state index contributed by atoms with van der Waals surface area (Å²) in [6.45, 7) is 0. The van der Waals surface area contributed by atoms with Gasteiger partial charge in [-0.3, -0.25) is 9.20 Å². The molecule has 0 aromatic carbocycles. The number of fused-ring (bicyclic) bond motifs is 1. The lowest BCUT2D eigenvalue weighted by atomic mass is 10.4. The fraction of sp³-hybridized carbons (Fsp3) is 0. The molecule has 12 heavy (non-hydrogen) atoms. The van der Waals surface area contributed by atoms with Crippen LogP contribution in [0.2, 0.25) is 5.02 Å². The van der Waals surface area contributed by atoms with Crippen LogP contribution in [0.3, 0.4) is 0 Å². The summed E-state index contributed by atoms with van der Waals surface area (Å²) < 4.78 is 1.68. The average molecular weight is 181 g/mol. The maximum atomic E-state index is 10.5. The molecule has 2 aromatic heterocycles. The molecule has 0 aliphatic heterocycles. The number of rotatable bonds is 1. The van der Waals surface area contributed by atoms with Crippen LogP contribution in [0.1, 0.15) is 10.5 Å². The molecule has 0 saturated heterocycles. The van der Waals surface area contributed by atoms with E-state index in [0.717, 1.165) is 6.29 Å². The minimum absolute atomic E-state index is 0.529. The minimum atomic E-state index is 0.529. The van der Waals surface area contributed by atoms with Crippen molar-refractivity contribution in [3.8, 4) is 0 Å². The maximum absolute atomic E-state index is 10.5. The highest BCUT2D eigenvalue weighted by molar-refractivity contribution is 6.30. The molecule has 0 amide bonds. The van der Waals surface area contributed by atoms with Crippen molar-refractivity contribution >= 4 is 23.5 Å². The predicted molar refractivity (Wildman–Crippen MR) is 45.6 cm³/mol. The van der Waals surface area contributed by atoms with Crippen LogP contribution in [0.4, 0.5) is 0 Å². The number of aromatic nitrogens is 2. The first-order valence-electron chi connectivity index (χ1n) is 3.39. The fourth-order valence-corrected chi connectivity index (χ4v) is 1.22. The van der Waals surface area contributed by atoms with Crippen LogP contribution in [0, 0.1) is 0 Å².